The Morgan fingerprint density at radius 1 is 1.35 bits per heavy atom. The smallest absolute Gasteiger partial charge is 0.273 e. The standard InChI is InChI=1S/C15H15ClN4O3/c1-19(9-11-4-2-3-5-13(11)20(22)23)10-15(21)18-14-7-6-12(16)8-17-14/h2-8H,9-10H2,1H3,(H,17,18,21). The molecular formula is C15H15ClN4O3. The van der Waals surface area contributed by atoms with Gasteiger partial charge < -0.3 is 5.32 Å². The van der Waals surface area contributed by atoms with Crippen LogP contribution in [0.4, 0.5) is 11.5 Å². The Balaban J connectivity index is 1.94. The maximum atomic E-state index is 12.0. The van der Waals surface area contributed by atoms with E-state index in [1.54, 1.807) is 42.3 Å². The molecule has 1 amide bonds. The van der Waals surface area contributed by atoms with Gasteiger partial charge in [-0.15, -0.1) is 0 Å². The number of nitro benzene ring substituents is 1. The van der Waals surface area contributed by atoms with Gasteiger partial charge in [-0.1, -0.05) is 29.8 Å². The largest absolute Gasteiger partial charge is 0.310 e. The molecule has 23 heavy (non-hydrogen) atoms. The highest BCUT2D eigenvalue weighted by Gasteiger charge is 2.15. The predicted octanol–water partition coefficient (Wildman–Crippen LogP) is 2.71. The number of nitro groups is 1. The Morgan fingerprint density at radius 3 is 2.74 bits per heavy atom. The molecule has 0 bridgehead atoms. The second kappa shape index (κ2) is 7.66. The van der Waals surface area contributed by atoms with Crippen molar-refractivity contribution < 1.29 is 9.72 Å². The normalized spacial score (nSPS) is 10.6. The van der Waals surface area contributed by atoms with Crippen molar-refractivity contribution in [1.29, 1.82) is 0 Å². The summed E-state index contributed by atoms with van der Waals surface area (Å²) in [4.78, 5) is 28.2. The molecule has 0 unspecified atom stereocenters. The molecule has 0 aliphatic rings. The number of rotatable bonds is 6. The highest BCUT2D eigenvalue weighted by Crippen LogP contribution is 2.19. The second-order valence-corrected chi connectivity index (χ2v) is 5.40. The van der Waals surface area contributed by atoms with Crippen LogP contribution in [-0.4, -0.2) is 34.3 Å². The molecule has 8 heteroatoms. The molecule has 1 N–H and O–H groups in total. The van der Waals surface area contributed by atoms with Crippen molar-refractivity contribution in [1.82, 2.24) is 9.88 Å². The molecule has 0 saturated heterocycles. The fourth-order valence-electron chi connectivity index (χ4n) is 2.05. The van der Waals surface area contributed by atoms with E-state index in [1.807, 2.05) is 0 Å². The van der Waals surface area contributed by atoms with Gasteiger partial charge in [0.05, 0.1) is 16.5 Å². The van der Waals surface area contributed by atoms with E-state index in [4.69, 9.17) is 11.6 Å². The average Bonchev–Trinajstić information content (AvgIpc) is 2.49. The average molecular weight is 335 g/mol. The number of amides is 1. The van der Waals surface area contributed by atoms with Gasteiger partial charge in [-0.25, -0.2) is 4.98 Å². The third-order valence-corrected chi connectivity index (χ3v) is 3.26. The molecule has 7 nitrogen and oxygen atoms in total. The predicted molar refractivity (Wildman–Crippen MR) is 87.3 cm³/mol. The lowest BCUT2D eigenvalue weighted by Gasteiger charge is -2.16. The zero-order chi connectivity index (χ0) is 16.8. The van der Waals surface area contributed by atoms with E-state index in [1.165, 1.54) is 12.3 Å². The Labute approximate surface area is 138 Å². The van der Waals surface area contributed by atoms with Crippen molar-refractivity contribution in [3.63, 3.8) is 0 Å². The van der Waals surface area contributed by atoms with Gasteiger partial charge in [-0.05, 0) is 19.2 Å². The van der Waals surface area contributed by atoms with Gasteiger partial charge in [-0.3, -0.25) is 19.8 Å². The van der Waals surface area contributed by atoms with Crippen LogP contribution in [0.1, 0.15) is 5.56 Å². The molecule has 1 aromatic heterocycles. The molecule has 1 heterocycles. The van der Waals surface area contributed by atoms with E-state index in [0.29, 0.717) is 22.9 Å². The number of likely N-dealkylation sites (N-methyl/N-ethyl adjacent to an activating group) is 1. The SMILES string of the molecule is CN(CC(=O)Nc1ccc(Cl)cn1)Cc1ccccc1[N+](=O)[O-]. The number of anilines is 1. The minimum atomic E-state index is -0.430. The van der Waals surface area contributed by atoms with Crippen molar-refractivity contribution >= 4 is 29.0 Å². The first-order valence-corrected chi connectivity index (χ1v) is 7.16. The van der Waals surface area contributed by atoms with E-state index >= 15 is 0 Å². The number of para-hydroxylation sites is 1. The molecule has 1 aromatic carbocycles. The van der Waals surface area contributed by atoms with Gasteiger partial charge in [0, 0.05) is 24.4 Å². The number of carbonyl (C=O) groups is 1. The molecular weight excluding hydrogens is 320 g/mol. The summed E-state index contributed by atoms with van der Waals surface area (Å²) in [7, 11) is 1.71. The molecule has 0 atom stereocenters. The highest BCUT2D eigenvalue weighted by atomic mass is 35.5. The Bertz CT molecular complexity index is 706. The molecule has 2 aromatic rings. The molecule has 0 fully saturated rings. The van der Waals surface area contributed by atoms with Crippen LogP contribution in [0.3, 0.4) is 0 Å². The summed E-state index contributed by atoms with van der Waals surface area (Å²) >= 11 is 5.72. The number of hydrogen-bond donors (Lipinski definition) is 1. The van der Waals surface area contributed by atoms with E-state index in [0.717, 1.165) is 0 Å². The number of carbonyl (C=O) groups excluding carboxylic acids is 1. The Morgan fingerprint density at radius 2 is 2.09 bits per heavy atom. The molecule has 0 spiro atoms. The fraction of sp³-hybridized carbons (Fsp3) is 0.200. The summed E-state index contributed by atoms with van der Waals surface area (Å²) in [5, 5.41) is 14.1. The maximum absolute atomic E-state index is 12.0. The Kier molecular flexibility index (Phi) is 5.61. The van der Waals surface area contributed by atoms with Crippen molar-refractivity contribution in [2.24, 2.45) is 0 Å². The van der Waals surface area contributed by atoms with Crippen LogP contribution in [-0.2, 0) is 11.3 Å². The summed E-state index contributed by atoms with van der Waals surface area (Å²) < 4.78 is 0. The number of hydrogen-bond acceptors (Lipinski definition) is 5. The van der Waals surface area contributed by atoms with E-state index in [-0.39, 0.29) is 18.1 Å². The van der Waals surface area contributed by atoms with E-state index in [2.05, 4.69) is 10.3 Å². The van der Waals surface area contributed by atoms with E-state index in [9.17, 15) is 14.9 Å². The number of nitrogens with zero attached hydrogens (tertiary/aromatic N) is 3. The minimum Gasteiger partial charge on any atom is -0.310 e. The first-order valence-electron chi connectivity index (χ1n) is 6.78. The summed E-state index contributed by atoms with van der Waals surface area (Å²) in [6.45, 7) is 0.370. The summed E-state index contributed by atoms with van der Waals surface area (Å²) in [5.41, 5.74) is 0.594. The van der Waals surface area contributed by atoms with Gasteiger partial charge in [0.25, 0.3) is 5.69 Å². The molecule has 0 aliphatic carbocycles. The van der Waals surface area contributed by atoms with Crippen molar-refractivity contribution in [3.05, 3.63) is 63.3 Å². The van der Waals surface area contributed by atoms with Gasteiger partial charge in [0.15, 0.2) is 0 Å². The quantitative estimate of drug-likeness (QED) is 0.648. The molecule has 120 valence electrons. The summed E-state index contributed by atoms with van der Waals surface area (Å²) in [6, 6.07) is 9.69. The van der Waals surface area contributed by atoms with Crippen LogP contribution >= 0.6 is 11.6 Å². The van der Waals surface area contributed by atoms with Crippen molar-refractivity contribution in [2.75, 3.05) is 18.9 Å². The van der Waals surface area contributed by atoms with Crippen LogP contribution in [0.2, 0.25) is 5.02 Å². The summed E-state index contributed by atoms with van der Waals surface area (Å²) in [5.74, 6) is 0.138. The van der Waals surface area contributed by atoms with Crippen LogP contribution in [0.25, 0.3) is 0 Å². The van der Waals surface area contributed by atoms with Crippen molar-refractivity contribution in [2.45, 2.75) is 6.54 Å². The molecule has 0 radical (unpaired) electrons. The topological polar surface area (TPSA) is 88.4 Å². The second-order valence-electron chi connectivity index (χ2n) is 4.97. The number of pyridine rings is 1. The third-order valence-electron chi connectivity index (χ3n) is 3.04. The van der Waals surface area contributed by atoms with E-state index < -0.39 is 4.92 Å². The lowest BCUT2D eigenvalue weighted by atomic mass is 10.1. The monoisotopic (exact) mass is 334 g/mol. The van der Waals surface area contributed by atoms with Crippen LogP contribution < -0.4 is 5.32 Å². The lowest BCUT2D eigenvalue weighted by molar-refractivity contribution is -0.385. The fourth-order valence-corrected chi connectivity index (χ4v) is 2.16. The molecule has 0 saturated carbocycles. The van der Waals surface area contributed by atoms with Crippen LogP contribution in [0.15, 0.2) is 42.6 Å². The number of nitrogens with one attached hydrogen (secondary N) is 1. The molecule has 2 rings (SSSR count). The number of aromatic nitrogens is 1. The van der Waals surface area contributed by atoms with Crippen molar-refractivity contribution in [3.8, 4) is 0 Å². The zero-order valence-electron chi connectivity index (χ0n) is 12.4. The highest BCUT2D eigenvalue weighted by molar-refractivity contribution is 6.30. The Hall–Kier alpha value is -2.51. The molecule has 0 aliphatic heterocycles. The first kappa shape index (κ1) is 16.9. The zero-order valence-corrected chi connectivity index (χ0v) is 13.2. The van der Waals surface area contributed by atoms with Gasteiger partial charge in [-0.2, -0.15) is 0 Å². The minimum absolute atomic E-state index is 0.0409. The maximum Gasteiger partial charge on any atom is 0.273 e. The third kappa shape index (κ3) is 5.01. The van der Waals surface area contributed by atoms with Crippen LogP contribution in [0.5, 0.6) is 0 Å². The number of halogens is 1. The lowest BCUT2D eigenvalue weighted by Crippen LogP contribution is -2.30. The van der Waals surface area contributed by atoms with Crippen LogP contribution in [0, 0.1) is 10.1 Å². The van der Waals surface area contributed by atoms with Gasteiger partial charge in [0.1, 0.15) is 5.82 Å². The number of benzene rings is 1. The first-order chi connectivity index (χ1) is 11.0. The summed E-state index contributed by atoms with van der Waals surface area (Å²) in [6.07, 6.45) is 1.44. The van der Waals surface area contributed by atoms with Gasteiger partial charge >= 0.3 is 0 Å². The van der Waals surface area contributed by atoms with Gasteiger partial charge in [0.2, 0.25) is 5.91 Å².